The molecule has 0 aromatic carbocycles. The number of hydrogen-bond acceptors (Lipinski definition) is 4. The Hall–Kier alpha value is -2.14. The van der Waals surface area contributed by atoms with E-state index in [1.54, 1.807) is 12.4 Å². The minimum absolute atomic E-state index is 0.745. The first-order chi connectivity index (χ1) is 8.88. The summed E-state index contributed by atoms with van der Waals surface area (Å²) in [5, 5.41) is 7.36. The van der Waals surface area contributed by atoms with Gasteiger partial charge in [-0.3, -0.25) is 0 Å². The molecule has 3 heterocycles. The molecule has 1 N–H and O–H groups in total. The highest BCUT2D eigenvalue weighted by atomic mass is 16.4. The Balaban J connectivity index is 1.96. The van der Waals surface area contributed by atoms with Gasteiger partial charge in [0, 0.05) is 19.2 Å². The number of hydrogen-bond donors (Lipinski definition) is 1. The zero-order chi connectivity index (χ0) is 12.4. The molecule has 0 bridgehead atoms. The lowest BCUT2D eigenvalue weighted by atomic mass is 10.2. The highest BCUT2D eigenvalue weighted by Gasteiger charge is 2.11. The molecule has 92 valence electrons. The average molecular weight is 242 g/mol. The molecule has 0 fully saturated rings. The number of pyridine rings is 1. The van der Waals surface area contributed by atoms with Crippen LogP contribution in [0.1, 0.15) is 5.89 Å². The van der Waals surface area contributed by atoms with Crippen molar-refractivity contribution in [2.75, 3.05) is 13.6 Å². The molecule has 0 atom stereocenters. The molecule has 0 aliphatic carbocycles. The zero-order valence-corrected chi connectivity index (χ0v) is 10.1. The van der Waals surface area contributed by atoms with Crippen LogP contribution in [0.5, 0.6) is 0 Å². The lowest BCUT2D eigenvalue weighted by Crippen LogP contribution is -2.10. The van der Waals surface area contributed by atoms with E-state index < -0.39 is 0 Å². The van der Waals surface area contributed by atoms with E-state index in [4.69, 9.17) is 4.42 Å². The fourth-order valence-corrected chi connectivity index (χ4v) is 1.91. The normalized spacial score (nSPS) is 11.2. The summed E-state index contributed by atoms with van der Waals surface area (Å²) in [4.78, 5) is 4.27. The van der Waals surface area contributed by atoms with Crippen molar-refractivity contribution in [3.05, 3.63) is 42.7 Å². The first-order valence-corrected chi connectivity index (χ1v) is 5.90. The maximum atomic E-state index is 5.73. The number of oxazole rings is 1. The lowest BCUT2D eigenvalue weighted by molar-refractivity contribution is 0.501. The first kappa shape index (κ1) is 11.0. The predicted octanol–water partition coefficient (Wildman–Crippen LogP) is 1.75. The molecule has 3 aromatic heterocycles. The second kappa shape index (κ2) is 4.62. The van der Waals surface area contributed by atoms with Crippen LogP contribution in [0.25, 0.3) is 16.8 Å². The number of nitrogens with one attached hydrogen (secondary N) is 1. The van der Waals surface area contributed by atoms with Crippen LogP contribution in [0.15, 0.2) is 41.2 Å². The molecule has 3 aromatic rings. The highest BCUT2D eigenvalue weighted by Crippen LogP contribution is 2.24. The van der Waals surface area contributed by atoms with Gasteiger partial charge in [0.25, 0.3) is 0 Å². The molecular weight excluding hydrogens is 228 g/mol. The Labute approximate surface area is 104 Å². The third kappa shape index (κ3) is 1.89. The van der Waals surface area contributed by atoms with Crippen LogP contribution >= 0.6 is 0 Å². The summed E-state index contributed by atoms with van der Waals surface area (Å²) < 4.78 is 7.56. The summed E-state index contributed by atoms with van der Waals surface area (Å²) in [6.45, 7) is 0.856. The Bertz CT molecular complexity index is 656. The number of likely N-dealkylation sites (N-methyl/N-ethyl adjacent to an activating group) is 1. The van der Waals surface area contributed by atoms with Crippen LogP contribution in [0.2, 0.25) is 0 Å². The number of rotatable bonds is 4. The van der Waals surface area contributed by atoms with Crippen molar-refractivity contribution in [3.63, 3.8) is 0 Å². The van der Waals surface area contributed by atoms with Gasteiger partial charge in [0.05, 0.1) is 23.5 Å². The maximum Gasteiger partial charge on any atom is 0.196 e. The van der Waals surface area contributed by atoms with Crippen LogP contribution in [0.3, 0.4) is 0 Å². The third-order valence-electron chi connectivity index (χ3n) is 2.83. The molecule has 0 unspecified atom stereocenters. The van der Waals surface area contributed by atoms with E-state index in [-0.39, 0.29) is 0 Å². The molecule has 0 amide bonds. The standard InChI is InChI=1S/C13H14N4O/c1-14-6-5-13-15-9-12(18-13)10-8-16-17-7-3-2-4-11(10)17/h2-4,7-9,14H,5-6H2,1H3. The molecule has 0 aliphatic heterocycles. The van der Waals surface area contributed by atoms with Crippen molar-refractivity contribution >= 4 is 5.52 Å². The van der Waals surface area contributed by atoms with Gasteiger partial charge < -0.3 is 9.73 Å². The van der Waals surface area contributed by atoms with Gasteiger partial charge >= 0.3 is 0 Å². The number of fused-ring (bicyclic) bond motifs is 1. The van der Waals surface area contributed by atoms with E-state index >= 15 is 0 Å². The van der Waals surface area contributed by atoms with Crippen LogP contribution in [0, 0.1) is 0 Å². The van der Waals surface area contributed by atoms with E-state index in [1.165, 1.54) is 0 Å². The quantitative estimate of drug-likeness (QED) is 0.757. The molecule has 0 aliphatic rings. The largest absolute Gasteiger partial charge is 0.441 e. The minimum Gasteiger partial charge on any atom is -0.441 e. The minimum atomic E-state index is 0.745. The summed E-state index contributed by atoms with van der Waals surface area (Å²) in [7, 11) is 1.91. The van der Waals surface area contributed by atoms with Gasteiger partial charge in [-0.1, -0.05) is 6.07 Å². The summed E-state index contributed by atoms with van der Waals surface area (Å²) >= 11 is 0. The van der Waals surface area contributed by atoms with Crippen molar-refractivity contribution in [1.29, 1.82) is 0 Å². The summed E-state index contributed by atoms with van der Waals surface area (Å²) in [6.07, 6.45) is 6.26. The second-order valence-electron chi connectivity index (χ2n) is 4.06. The van der Waals surface area contributed by atoms with Crippen LogP contribution in [-0.4, -0.2) is 28.2 Å². The van der Waals surface area contributed by atoms with Crippen LogP contribution in [-0.2, 0) is 6.42 Å². The van der Waals surface area contributed by atoms with E-state index in [0.717, 1.165) is 35.7 Å². The molecule has 18 heavy (non-hydrogen) atoms. The van der Waals surface area contributed by atoms with Crippen molar-refractivity contribution in [2.24, 2.45) is 0 Å². The van der Waals surface area contributed by atoms with Gasteiger partial charge in [-0.25, -0.2) is 9.50 Å². The van der Waals surface area contributed by atoms with Gasteiger partial charge in [-0.15, -0.1) is 0 Å². The van der Waals surface area contributed by atoms with Gasteiger partial charge in [-0.2, -0.15) is 5.10 Å². The molecule has 0 saturated heterocycles. The second-order valence-corrected chi connectivity index (χ2v) is 4.06. The van der Waals surface area contributed by atoms with E-state index in [0.29, 0.717) is 0 Å². The van der Waals surface area contributed by atoms with Gasteiger partial charge in [0.2, 0.25) is 0 Å². The lowest BCUT2D eigenvalue weighted by Gasteiger charge is -1.95. The van der Waals surface area contributed by atoms with Crippen molar-refractivity contribution in [1.82, 2.24) is 19.9 Å². The predicted molar refractivity (Wildman–Crippen MR) is 68.3 cm³/mol. The van der Waals surface area contributed by atoms with Crippen molar-refractivity contribution in [3.8, 4) is 11.3 Å². The Morgan fingerprint density at radius 2 is 2.28 bits per heavy atom. The molecule has 5 nitrogen and oxygen atoms in total. The zero-order valence-electron chi connectivity index (χ0n) is 10.1. The molecular formula is C13H14N4O. The third-order valence-corrected chi connectivity index (χ3v) is 2.83. The molecule has 0 spiro atoms. The summed E-state index contributed by atoms with van der Waals surface area (Å²) in [5.41, 5.74) is 1.99. The van der Waals surface area contributed by atoms with E-state index in [9.17, 15) is 0 Å². The Morgan fingerprint density at radius 1 is 1.33 bits per heavy atom. The highest BCUT2D eigenvalue weighted by molar-refractivity contribution is 5.76. The summed E-state index contributed by atoms with van der Waals surface area (Å²) in [6, 6.07) is 5.94. The SMILES string of the molecule is CNCCc1ncc(-c2cnn3ccccc23)o1. The number of aromatic nitrogens is 3. The van der Waals surface area contributed by atoms with Crippen molar-refractivity contribution < 1.29 is 4.42 Å². The smallest absolute Gasteiger partial charge is 0.196 e. The van der Waals surface area contributed by atoms with Crippen molar-refractivity contribution in [2.45, 2.75) is 6.42 Å². The monoisotopic (exact) mass is 242 g/mol. The number of nitrogens with zero attached hydrogens (tertiary/aromatic N) is 3. The molecule has 5 heteroatoms. The fourth-order valence-electron chi connectivity index (χ4n) is 1.91. The van der Waals surface area contributed by atoms with Gasteiger partial charge in [0.1, 0.15) is 0 Å². The van der Waals surface area contributed by atoms with Gasteiger partial charge in [-0.05, 0) is 19.2 Å². The van der Waals surface area contributed by atoms with Gasteiger partial charge in [0.15, 0.2) is 11.7 Å². The van der Waals surface area contributed by atoms with E-state index in [1.807, 2.05) is 36.0 Å². The van der Waals surface area contributed by atoms with Crippen LogP contribution < -0.4 is 5.32 Å². The molecule has 0 saturated carbocycles. The van der Waals surface area contributed by atoms with Crippen LogP contribution in [0.4, 0.5) is 0 Å². The topological polar surface area (TPSA) is 55.4 Å². The fraction of sp³-hybridized carbons (Fsp3) is 0.231. The first-order valence-electron chi connectivity index (χ1n) is 5.90. The Kier molecular flexibility index (Phi) is 2.82. The Morgan fingerprint density at radius 3 is 3.17 bits per heavy atom. The molecule has 3 rings (SSSR count). The summed E-state index contributed by atoms with van der Waals surface area (Å²) in [5.74, 6) is 1.51. The average Bonchev–Trinajstić information content (AvgIpc) is 3.02. The maximum absolute atomic E-state index is 5.73. The van der Waals surface area contributed by atoms with E-state index in [2.05, 4.69) is 15.4 Å². The molecule has 0 radical (unpaired) electrons.